The second kappa shape index (κ2) is 8.51. The van der Waals surface area contributed by atoms with Crippen LogP contribution in [0.3, 0.4) is 0 Å². The topological polar surface area (TPSA) is 61.2 Å². The van der Waals surface area contributed by atoms with Crippen LogP contribution in [0, 0.1) is 13.8 Å². The van der Waals surface area contributed by atoms with Crippen LogP contribution in [0.4, 0.5) is 0 Å². The molecule has 1 aromatic heterocycles. The number of carbonyl (C=O) groups excluding carboxylic acids is 1. The second-order valence-corrected chi connectivity index (χ2v) is 8.44. The van der Waals surface area contributed by atoms with Gasteiger partial charge >= 0.3 is 0 Å². The van der Waals surface area contributed by atoms with Crippen molar-refractivity contribution in [3.05, 3.63) is 69.5 Å². The van der Waals surface area contributed by atoms with E-state index in [-0.39, 0.29) is 23.2 Å². The predicted octanol–water partition coefficient (Wildman–Crippen LogP) is 4.17. The van der Waals surface area contributed by atoms with E-state index in [4.69, 9.17) is 9.72 Å². The van der Waals surface area contributed by atoms with Gasteiger partial charge in [-0.1, -0.05) is 41.6 Å². The highest BCUT2D eigenvalue weighted by atomic mass is 32.2. The lowest BCUT2D eigenvalue weighted by molar-refractivity contribution is 0.0937. The molecule has 1 atom stereocenters. The third-order valence-electron chi connectivity index (χ3n) is 5.26. The fourth-order valence-corrected chi connectivity index (χ4v) is 4.55. The number of aromatic nitrogens is 2. The van der Waals surface area contributed by atoms with Gasteiger partial charge in [-0.3, -0.25) is 14.2 Å². The van der Waals surface area contributed by atoms with Crippen molar-refractivity contribution in [1.29, 1.82) is 0 Å². The maximum absolute atomic E-state index is 13.1. The first kappa shape index (κ1) is 19.9. The van der Waals surface area contributed by atoms with Gasteiger partial charge in [0.25, 0.3) is 5.56 Å². The fourth-order valence-electron chi connectivity index (χ4n) is 3.65. The molecule has 0 unspecified atom stereocenters. The number of ether oxygens (including phenoxy) is 1. The van der Waals surface area contributed by atoms with Gasteiger partial charge in [-0.25, -0.2) is 4.98 Å². The molecular formula is C23H24N2O3S. The fraction of sp³-hybridized carbons (Fsp3) is 0.348. The van der Waals surface area contributed by atoms with E-state index in [1.54, 1.807) is 10.6 Å². The molecule has 0 spiro atoms. The minimum atomic E-state index is -0.0761. The average molecular weight is 409 g/mol. The lowest BCUT2D eigenvalue weighted by atomic mass is 10.0. The molecule has 3 aromatic rings. The number of ketones is 1. The maximum Gasteiger partial charge on any atom is 0.262 e. The van der Waals surface area contributed by atoms with Crippen LogP contribution in [0.2, 0.25) is 0 Å². The number of hydrogen-bond acceptors (Lipinski definition) is 5. The summed E-state index contributed by atoms with van der Waals surface area (Å²) in [6, 6.07) is 13.2. The van der Waals surface area contributed by atoms with Crippen molar-refractivity contribution >= 4 is 28.4 Å². The molecule has 6 heteroatoms. The summed E-state index contributed by atoms with van der Waals surface area (Å²) in [5, 5.41) is 1.17. The Bertz CT molecular complexity index is 1120. The van der Waals surface area contributed by atoms with Crippen molar-refractivity contribution in [3.8, 4) is 0 Å². The lowest BCUT2D eigenvalue weighted by Gasteiger charge is -2.16. The molecule has 0 radical (unpaired) electrons. The first-order valence-corrected chi connectivity index (χ1v) is 10.9. The van der Waals surface area contributed by atoms with E-state index in [1.807, 2.05) is 50.2 Å². The summed E-state index contributed by atoms with van der Waals surface area (Å²) in [5.74, 6) is 0.280. The first-order chi connectivity index (χ1) is 14.0. The summed E-state index contributed by atoms with van der Waals surface area (Å²) in [4.78, 5) is 30.7. The largest absolute Gasteiger partial charge is 0.376 e. The first-order valence-electron chi connectivity index (χ1n) is 9.87. The van der Waals surface area contributed by atoms with Crippen LogP contribution in [-0.4, -0.2) is 33.8 Å². The third kappa shape index (κ3) is 4.28. The lowest BCUT2D eigenvalue weighted by Crippen LogP contribution is -2.29. The van der Waals surface area contributed by atoms with E-state index in [1.165, 1.54) is 11.8 Å². The van der Waals surface area contributed by atoms with Gasteiger partial charge < -0.3 is 4.74 Å². The van der Waals surface area contributed by atoms with Crippen LogP contribution in [0.25, 0.3) is 10.9 Å². The van der Waals surface area contributed by atoms with Gasteiger partial charge in [-0.2, -0.15) is 0 Å². The summed E-state index contributed by atoms with van der Waals surface area (Å²) in [5.41, 5.74) is 3.33. The Labute approximate surface area is 174 Å². The summed E-state index contributed by atoms with van der Waals surface area (Å²) >= 11 is 1.32. The van der Waals surface area contributed by atoms with E-state index in [0.29, 0.717) is 22.6 Å². The van der Waals surface area contributed by atoms with Gasteiger partial charge in [0.05, 0.1) is 29.3 Å². The van der Waals surface area contributed by atoms with Crippen molar-refractivity contribution in [2.24, 2.45) is 0 Å². The van der Waals surface area contributed by atoms with Gasteiger partial charge in [0.1, 0.15) is 0 Å². The molecule has 1 aliphatic rings. The van der Waals surface area contributed by atoms with Crippen molar-refractivity contribution in [2.75, 3.05) is 12.4 Å². The number of rotatable bonds is 6. The normalized spacial score (nSPS) is 16.4. The second-order valence-electron chi connectivity index (χ2n) is 7.49. The quantitative estimate of drug-likeness (QED) is 0.348. The number of benzene rings is 2. The van der Waals surface area contributed by atoms with E-state index >= 15 is 0 Å². The van der Waals surface area contributed by atoms with Crippen LogP contribution in [-0.2, 0) is 11.3 Å². The van der Waals surface area contributed by atoms with Crippen LogP contribution in [0.1, 0.15) is 34.3 Å². The smallest absolute Gasteiger partial charge is 0.262 e. The molecule has 2 aromatic carbocycles. The molecule has 1 aliphatic heterocycles. The number of para-hydroxylation sites is 1. The van der Waals surface area contributed by atoms with Crippen molar-refractivity contribution in [1.82, 2.24) is 9.55 Å². The number of thioether (sulfide) groups is 1. The van der Waals surface area contributed by atoms with Gasteiger partial charge in [0.15, 0.2) is 10.9 Å². The highest BCUT2D eigenvalue weighted by Gasteiger charge is 2.21. The number of Topliss-reactive ketones (excluding diaryl/α,β-unsaturated/α-hetero) is 1. The summed E-state index contributed by atoms with van der Waals surface area (Å²) in [6.07, 6.45) is 1.96. The Morgan fingerprint density at radius 2 is 2.07 bits per heavy atom. The average Bonchev–Trinajstić information content (AvgIpc) is 3.23. The molecule has 1 saturated heterocycles. The molecule has 0 aliphatic carbocycles. The van der Waals surface area contributed by atoms with Gasteiger partial charge in [-0.05, 0) is 50.5 Å². The molecule has 150 valence electrons. The molecule has 1 fully saturated rings. The maximum atomic E-state index is 13.1. The molecule has 29 heavy (non-hydrogen) atoms. The minimum absolute atomic E-state index is 0.0183. The number of hydrogen-bond donors (Lipinski definition) is 0. The van der Waals surface area contributed by atoms with Gasteiger partial charge in [0.2, 0.25) is 0 Å². The van der Waals surface area contributed by atoms with Crippen molar-refractivity contribution < 1.29 is 9.53 Å². The summed E-state index contributed by atoms with van der Waals surface area (Å²) < 4.78 is 7.42. The number of aryl methyl sites for hydroxylation is 2. The predicted molar refractivity (Wildman–Crippen MR) is 116 cm³/mol. The van der Waals surface area contributed by atoms with Crippen LogP contribution in [0.5, 0.6) is 0 Å². The standard InChI is InChI=1S/C23H24N2O3S/c1-15-9-10-16(2)19(12-15)21(26)14-29-23-24-20-8-4-3-7-18(20)22(27)25(23)13-17-6-5-11-28-17/h3-4,7-10,12,17H,5-6,11,13-14H2,1-2H3/t17-/m1/s1. The molecular weight excluding hydrogens is 384 g/mol. The zero-order valence-electron chi connectivity index (χ0n) is 16.7. The SMILES string of the molecule is Cc1ccc(C)c(C(=O)CSc2nc3ccccc3c(=O)n2C[C@H]2CCCO2)c1. The zero-order chi connectivity index (χ0) is 20.4. The number of carbonyl (C=O) groups is 1. The molecule has 0 amide bonds. The van der Waals surface area contributed by atoms with Gasteiger partial charge in [0, 0.05) is 12.2 Å². The molecule has 5 nitrogen and oxygen atoms in total. The molecule has 0 saturated carbocycles. The number of fused-ring (bicyclic) bond motifs is 1. The monoisotopic (exact) mass is 408 g/mol. The highest BCUT2D eigenvalue weighted by molar-refractivity contribution is 7.99. The summed E-state index contributed by atoms with van der Waals surface area (Å²) in [6.45, 7) is 5.12. The van der Waals surface area contributed by atoms with E-state index in [0.717, 1.165) is 36.1 Å². The third-order valence-corrected chi connectivity index (χ3v) is 6.24. The Kier molecular flexibility index (Phi) is 5.83. The van der Waals surface area contributed by atoms with E-state index < -0.39 is 0 Å². The van der Waals surface area contributed by atoms with Crippen LogP contribution >= 0.6 is 11.8 Å². The van der Waals surface area contributed by atoms with E-state index in [2.05, 4.69) is 0 Å². The van der Waals surface area contributed by atoms with E-state index in [9.17, 15) is 9.59 Å². The Balaban J connectivity index is 1.65. The Hall–Kier alpha value is -2.44. The van der Waals surface area contributed by atoms with Gasteiger partial charge in [-0.15, -0.1) is 0 Å². The Morgan fingerprint density at radius 3 is 2.86 bits per heavy atom. The number of nitrogens with zero attached hydrogens (tertiary/aromatic N) is 2. The van der Waals surface area contributed by atoms with Crippen molar-refractivity contribution in [2.45, 2.75) is 44.5 Å². The summed E-state index contributed by atoms with van der Waals surface area (Å²) in [7, 11) is 0. The van der Waals surface area contributed by atoms with Crippen molar-refractivity contribution in [3.63, 3.8) is 0 Å². The molecule has 4 rings (SSSR count). The molecule has 0 N–H and O–H groups in total. The molecule has 0 bridgehead atoms. The zero-order valence-corrected chi connectivity index (χ0v) is 17.5. The van der Waals surface area contributed by atoms with Crippen LogP contribution in [0.15, 0.2) is 52.4 Å². The Morgan fingerprint density at radius 1 is 1.24 bits per heavy atom. The highest BCUT2D eigenvalue weighted by Crippen LogP contribution is 2.23. The molecule has 2 heterocycles. The van der Waals surface area contributed by atoms with Crippen LogP contribution < -0.4 is 5.56 Å². The minimum Gasteiger partial charge on any atom is -0.376 e.